The van der Waals surface area contributed by atoms with Crippen LogP contribution in [0.5, 0.6) is 0 Å². The number of carboxylic acids is 1. The van der Waals surface area contributed by atoms with E-state index in [1.54, 1.807) is 19.1 Å². The van der Waals surface area contributed by atoms with Gasteiger partial charge in [-0.05, 0) is 18.1 Å². The summed E-state index contributed by atoms with van der Waals surface area (Å²) in [6, 6.07) is 5.90. The summed E-state index contributed by atoms with van der Waals surface area (Å²) < 4.78 is 0. The third kappa shape index (κ3) is 3.63. The molecule has 21 heavy (non-hydrogen) atoms. The number of anilines is 1. The van der Waals surface area contributed by atoms with E-state index in [2.05, 4.69) is 15.5 Å². The maximum Gasteiger partial charge on any atom is 0.283 e. The van der Waals surface area contributed by atoms with Gasteiger partial charge < -0.3 is 15.6 Å². The summed E-state index contributed by atoms with van der Waals surface area (Å²) >= 11 is 1.08. The van der Waals surface area contributed by atoms with Gasteiger partial charge in [0.05, 0.1) is 17.9 Å². The van der Waals surface area contributed by atoms with Gasteiger partial charge in [0.2, 0.25) is 0 Å². The van der Waals surface area contributed by atoms with E-state index in [0.717, 1.165) is 11.3 Å². The third-order valence-corrected chi connectivity index (χ3v) is 3.53. The van der Waals surface area contributed by atoms with Gasteiger partial charge in [-0.2, -0.15) is 5.10 Å². The van der Waals surface area contributed by atoms with Crippen molar-refractivity contribution in [2.45, 2.75) is 6.92 Å². The summed E-state index contributed by atoms with van der Waals surface area (Å²) in [7, 11) is 0. The van der Waals surface area contributed by atoms with Gasteiger partial charge in [-0.3, -0.25) is 4.79 Å². The Hall–Kier alpha value is -2.74. The summed E-state index contributed by atoms with van der Waals surface area (Å²) in [6.07, 6.45) is 1.40. The fourth-order valence-electron chi connectivity index (χ4n) is 1.55. The first-order valence-corrected chi connectivity index (χ1v) is 6.66. The van der Waals surface area contributed by atoms with Gasteiger partial charge in [-0.25, -0.2) is 10.4 Å². The van der Waals surface area contributed by atoms with Crippen LogP contribution in [0.4, 0.5) is 5.13 Å². The van der Waals surface area contributed by atoms with Crippen LogP contribution in [0.15, 0.2) is 29.4 Å². The van der Waals surface area contributed by atoms with Gasteiger partial charge in [0.25, 0.3) is 5.91 Å². The van der Waals surface area contributed by atoms with E-state index in [0.29, 0.717) is 21.3 Å². The number of carbonyl (C=O) groups is 2. The summed E-state index contributed by atoms with van der Waals surface area (Å²) in [6.45, 7) is 1.68. The van der Waals surface area contributed by atoms with Crippen molar-refractivity contribution in [3.05, 3.63) is 46.0 Å². The van der Waals surface area contributed by atoms with E-state index < -0.39 is 11.9 Å². The Kier molecular flexibility index (Phi) is 4.29. The summed E-state index contributed by atoms with van der Waals surface area (Å²) in [5, 5.41) is 14.7. The molecule has 8 heteroatoms. The standard InChI is InChI=1S/C13H12N4O3S/c1-7-10(21-13(14)16-7)11(18)17-15-6-8-2-4-9(5-3-8)12(19)20/h2-6H,1H3,(H2,14,16)(H,17,18)(H,19,20)/p-1/b15-6-. The number of nitrogen functional groups attached to an aromatic ring is 1. The Labute approximate surface area is 124 Å². The molecule has 0 unspecified atom stereocenters. The molecular weight excluding hydrogens is 292 g/mol. The molecule has 3 N–H and O–H groups in total. The monoisotopic (exact) mass is 303 g/mol. The van der Waals surface area contributed by atoms with E-state index in [9.17, 15) is 14.7 Å². The second-order valence-electron chi connectivity index (χ2n) is 4.08. The van der Waals surface area contributed by atoms with Crippen LogP contribution in [0.1, 0.15) is 31.3 Å². The highest BCUT2D eigenvalue weighted by Crippen LogP contribution is 2.19. The molecule has 0 spiro atoms. The number of carbonyl (C=O) groups excluding carboxylic acids is 2. The summed E-state index contributed by atoms with van der Waals surface area (Å²) in [5.41, 5.74) is 9.13. The van der Waals surface area contributed by atoms with Gasteiger partial charge >= 0.3 is 0 Å². The Morgan fingerprint density at radius 3 is 2.57 bits per heavy atom. The lowest BCUT2D eigenvalue weighted by atomic mass is 10.1. The number of thiazole rings is 1. The maximum atomic E-state index is 11.8. The fourth-order valence-corrected chi connectivity index (χ4v) is 2.27. The zero-order chi connectivity index (χ0) is 15.4. The van der Waals surface area contributed by atoms with E-state index in [-0.39, 0.29) is 5.56 Å². The van der Waals surface area contributed by atoms with Crippen molar-refractivity contribution >= 4 is 34.6 Å². The Morgan fingerprint density at radius 2 is 2.05 bits per heavy atom. The first-order chi connectivity index (χ1) is 9.97. The van der Waals surface area contributed by atoms with Gasteiger partial charge in [0, 0.05) is 0 Å². The predicted molar refractivity (Wildman–Crippen MR) is 77.1 cm³/mol. The molecule has 1 aromatic carbocycles. The summed E-state index contributed by atoms with van der Waals surface area (Å²) in [4.78, 5) is 26.8. The molecule has 2 aromatic rings. The van der Waals surface area contributed by atoms with Crippen LogP contribution < -0.4 is 16.3 Å². The van der Waals surface area contributed by atoms with Crippen molar-refractivity contribution in [3.63, 3.8) is 0 Å². The zero-order valence-electron chi connectivity index (χ0n) is 11.0. The molecule has 0 radical (unpaired) electrons. The SMILES string of the molecule is Cc1nc(N)sc1C(=O)N/N=C\c1ccc(C(=O)[O-])cc1. The molecule has 7 nitrogen and oxygen atoms in total. The minimum atomic E-state index is -1.25. The Bertz CT molecular complexity index is 707. The minimum absolute atomic E-state index is 0.0759. The molecule has 0 fully saturated rings. The molecule has 0 saturated carbocycles. The lowest BCUT2D eigenvalue weighted by Crippen LogP contribution is -2.22. The van der Waals surface area contributed by atoms with Crippen molar-refractivity contribution in [1.82, 2.24) is 10.4 Å². The predicted octanol–water partition coefficient (Wildman–Crippen LogP) is 0.161. The number of amides is 1. The number of nitrogens with zero attached hydrogens (tertiary/aromatic N) is 2. The average Bonchev–Trinajstić information content (AvgIpc) is 2.78. The minimum Gasteiger partial charge on any atom is -0.545 e. The molecule has 1 amide bonds. The van der Waals surface area contributed by atoms with Crippen LogP contribution >= 0.6 is 11.3 Å². The Balaban J connectivity index is 2.00. The average molecular weight is 303 g/mol. The number of aromatic carboxylic acids is 1. The number of aryl methyl sites for hydroxylation is 1. The highest BCUT2D eigenvalue weighted by atomic mass is 32.1. The first-order valence-electron chi connectivity index (χ1n) is 5.85. The van der Waals surface area contributed by atoms with Crippen LogP contribution in [0.2, 0.25) is 0 Å². The highest BCUT2D eigenvalue weighted by Gasteiger charge is 2.13. The van der Waals surface area contributed by atoms with Crippen molar-refractivity contribution in [1.29, 1.82) is 0 Å². The summed E-state index contributed by atoms with van der Waals surface area (Å²) in [5.74, 6) is -1.64. The number of nitrogens with one attached hydrogen (secondary N) is 1. The second-order valence-corrected chi connectivity index (χ2v) is 5.11. The molecule has 0 saturated heterocycles. The van der Waals surface area contributed by atoms with Crippen LogP contribution in [0.25, 0.3) is 0 Å². The number of aromatic nitrogens is 1. The first kappa shape index (κ1) is 14.7. The van der Waals surface area contributed by atoms with E-state index in [1.165, 1.54) is 18.3 Å². The van der Waals surface area contributed by atoms with Gasteiger partial charge in [0.1, 0.15) is 4.88 Å². The molecule has 0 aliphatic carbocycles. The quantitative estimate of drug-likeness (QED) is 0.615. The molecule has 1 aromatic heterocycles. The molecule has 1 heterocycles. The highest BCUT2D eigenvalue weighted by molar-refractivity contribution is 7.17. The molecule has 0 atom stereocenters. The zero-order valence-corrected chi connectivity index (χ0v) is 11.8. The Morgan fingerprint density at radius 1 is 1.38 bits per heavy atom. The van der Waals surface area contributed by atoms with Crippen LogP contribution in [0.3, 0.4) is 0 Å². The second kappa shape index (κ2) is 6.14. The van der Waals surface area contributed by atoms with Gasteiger partial charge in [0.15, 0.2) is 5.13 Å². The van der Waals surface area contributed by atoms with Crippen molar-refractivity contribution in [2.75, 3.05) is 5.73 Å². The molecule has 108 valence electrons. The molecule has 2 rings (SSSR count). The van der Waals surface area contributed by atoms with Crippen molar-refractivity contribution in [3.8, 4) is 0 Å². The number of carboxylic acid groups (broad SMARTS) is 1. The number of hydrazone groups is 1. The maximum absolute atomic E-state index is 11.8. The normalized spacial score (nSPS) is 10.7. The lowest BCUT2D eigenvalue weighted by molar-refractivity contribution is -0.255. The number of rotatable bonds is 4. The number of hydrogen-bond donors (Lipinski definition) is 2. The number of nitrogens with two attached hydrogens (primary N) is 1. The van der Waals surface area contributed by atoms with E-state index in [1.807, 2.05) is 0 Å². The number of benzene rings is 1. The van der Waals surface area contributed by atoms with E-state index >= 15 is 0 Å². The molecule has 0 aliphatic rings. The van der Waals surface area contributed by atoms with Crippen molar-refractivity contribution in [2.24, 2.45) is 5.10 Å². The van der Waals surface area contributed by atoms with Gasteiger partial charge in [-0.15, -0.1) is 0 Å². The van der Waals surface area contributed by atoms with Crippen molar-refractivity contribution < 1.29 is 14.7 Å². The topological polar surface area (TPSA) is 120 Å². The van der Waals surface area contributed by atoms with E-state index in [4.69, 9.17) is 5.73 Å². The van der Waals surface area contributed by atoms with Crippen LogP contribution in [-0.2, 0) is 0 Å². The number of hydrogen-bond acceptors (Lipinski definition) is 7. The van der Waals surface area contributed by atoms with Gasteiger partial charge in [-0.1, -0.05) is 35.6 Å². The molecular formula is C13H11N4O3S-. The molecule has 0 aliphatic heterocycles. The third-order valence-electron chi connectivity index (χ3n) is 2.55. The molecule has 0 bridgehead atoms. The smallest absolute Gasteiger partial charge is 0.283 e. The van der Waals surface area contributed by atoms with Crippen LogP contribution in [-0.4, -0.2) is 23.1 Å². The fraction of sp³-hybridized carbons (Fsp3) is 0.0769. The largest absolute Gasteiger partial charge is 0.545 e. The lowest BCUT2D eigenvalue weighted by Gasteiger charge is -2.01. The van der Waals surface area contributed by atoms with Crippen LogP contribution in [0, 0.1) is 6.92 Å².